The Morgan fingerprint density at radius 1 is 0.926 bits per heavy atom. The van der Waals surface area contributed by atoms with E-state index in [1.807, 2.05) is 6.08 Å². The number of nitrogens with zero attached hydrogens (tertiary/aromatic N) is 3. The lowest BCUT2D eigenvalue weighted by molar-refractivity contribution is 0.374. The van der Waals surface area contributed by atoms with E-state index in [0.717, 1.165) is 24.3 Å². The molecule has 4 N–H and O–H groups in total. The molecule has 27 heavy (non-hydrogen) atoms. The van der Waals surface area contributed by atoms with Gasteiger partial charge in [-0.25, -0.2) is 4.98 Å². The number of fused-ring (bicyclic) bond motifs is 3. The number of anilines is 4. The van der Waals surface area contributed by atoms with Crippen molar-refractivity contribution in [3.05, 3.63) is 83.2 Å². The van der Waals surface area contributed by atoms with E-state index in [-0.39, 0.29) is 0 Å². The maximum absolute atomic E-state index is 6.20. The molecule has 5 heteroatoms. The molecular weight excluding hydrogens is 334 g/mol. The lowest BCUT2D eigenvalue weighted by atomic mass is 9.96. The van der Waals surface area contributed by atoms with Crippen LogP contribution in [-0.4, -0.2) is 16.6 Å². The average molecular weight is 355 g/mol. The van der Waals surface area contributed by atoms with Gasteiger partial charge < -0.3 is 21.3 Å². The van der Waals surface area contributed by atoms with Crippen LogP contribution in [0.3, 0.4) is 0 Å². The summed E-state index contributed by atoms with van der Waals surface area (Å²) >= 11 is 0. The van der Waals surface area contributed by atoms with Crippen molar-refractivity contribution in [3.63, 3.8) is 0 Å². The van der Waals surface area contributed by atoms with Gasteiger partial charge in [0.25, 0.3) is 0 Å². The lowest BCUT2D eigenvalue weighted by Gasteiger charge is -2.38. The third-order valence-electron chi connectivity index (χ3n) is 5.28. The second kappa shape index (κ2) is 6.06. The number of nitrogens with two attached hydrogens (primary N) is 2. The first-order valence-electron chi connectivity index (χ1n) is 9.09. The number of pyridine rings is 1. The zero-order valence-electron chi connectivity index (χ0n) is 15.0. The van der Waals surface area contributed by atoms with E-state index in [2.05, 4.69) is 69.5 Å². The van der Waals surface area contributed by atoms with Crippen LogP contribution in [0.5, 0.6) is 0 Å². The van der Waals surface area contributed by atoms with Gasteiger partial charge in [-0.15, -0.1) is 0 Å². The van der Waals surface area contributed by atoms with E-state index < -0.39 is 0 Å². The summed E-state index contributed by atoms with van der Waals surface area (Å²) < 4.78 is 0. The van der Waals surface area contributed by atoms with Crippen LogP contribution in [0.2, 0.25) is 0 Å². The maximum atomic E-state index is 6.20. The van der Waals surface area contributed by atoms with Crippen molar-refractivity contribution in [2.24, 2.45) is 0 Å². The standard InChI is InChI=1S/C22H21N5/c23-18-12-22(24)25-19-9-10-26(13-17(18)19)14-27-20-7-3-1-5-15(20)11-16-6-2-4-8-21(16)27/h1-10,12H,11,13-14H2,(H4,23,24,25). The fourth-order valence-electron chi connectivity index (χ4n) is 3.99. The van der Waals surface area contributed by atoms with Gasteiger partial charge in [0.05, 0.1) is 12.4 Å². The van der Waals surface area contributed by atoms with Gasteiger partial charge in [-0.2, -0.15) is 0 Å². The molecule has 2 aliphatic heterocycles. The van der Waals surface area contributed by atoms with E-state index in [1.54, 1.807) is 6.07 Å². The van der Waals surface area contributed by atoms with Crippen LogP contribution >= 0.6 is 0 Å². The molecule has 0 unspecified atom stereocenters. The molecule has 134 valence electrons. The molecule has 0 amide bonds. The van der Waals surface area contributed by atoms with Crippen molar-refractivity contribution in [3.8, 4) is 0 Å². The van der Waals surface area contributed by atoms with Gasteiger partial charge in [0.2, 0.25) is 0 Å². The largest absolute Gasteiger partial charge is 0.398 e. The van der Waals surface area contributed by atoms with Crippen molar-refractivity contribution in [1.82, 2.24) is 9.88 Å². The average Bonchev–Trinajstić information content (AvgIpc) is 2.68. The minimum absolute atomic E-state index is 0.461. The third kappa shape index (κ3) is 2.68. The molecule has 1 aromatic heterocycles. The Morgan fingerprint density at radius 2 is 1.59 bits per heavy atom. The van der Waals surface area contributed by atoms with Gasteiger partial charge in [-0.05, 0) is 29.3 Å². The van der Waals surface area contributed by atoms with Crippen LogP contribution in [0, 0.1) is 0 Å². The van der Waals surface area contributed by atoms with Crippen LogP contribution in [0.25, 0.3) is 6.08 Å². The molecule has 0 aliphatic carbocycles. The fraction of sp³-hybridized carbons (Fsp3) is 0.136. The van der Waals surface area contributed by atoms with Gasteiger partial charge in [-0.1, -0.05) is 36.4 Å². The first-order chi connectivity index (χ1) is 13.2. The molecule has 5 rings (SSSR count). The SMILES string of the molecule is Nc1cc(N)c2c(n1)C=CN(CN1c3ccccc3Cc3ccccc31)C2. The van der Waals surface area contributed by atoms with E-state index in [1.165, 1.54) is 22.5 Å². The Bertz CT molecular complexity index is 1010. The first kappa shape index (κ1) is 15.8. The van der Waals surface area contributed by atoms with Gasteiger partial charge in [0.1, 0.15) is 5.82 Å². The Kier molecular flexibility index (Phi) is 3.53. The third-order valence-corrected chi connectivity index (χ3v) is 5.28. The van der Waals surface area contributed by atoms with E-state index in [4.69, 9.17) is 11.5 Å². The smallest absolute Gasteiger partial charge is 0.126 e. The maximum Gasteiger partial charge on any atom is 0.126 e. The molecular formula is C22H21N5. The zero-order valence-corrected chi connectivity index (χ0v) is 15.0. The quantitative estimate of drug-likeness (QED) is 0.733. The minimum atomic E-state index is 0.461. The molecule has 0 atom stereocenters. The molecule has 0 saturated carbocycles. The van der Waals surface area contributed by atoms with Gasteiger partial charge >= 0.3 is 0 Å². The second-order valence-electron chi connectivity index (χ2n) is 7.07. The van der Waals surface area contributed by atoms with E-state index >= 15 is 0 Å². The monoisotopic (exact) mass is 355 g/mol. The zero-order chi connectivity index (χ0) is 18.4. The lowest BCUT2D eigenvalue weighted by Crippen LogP contribution is -2.35. The number of nitrogen functional groups attached to an aromatic ring is 2. The summed E-state index contributed by atoms with van der Waals surface area (Å²) in [5.41, 5.74) is 19.9. The molecule has 0 bridgehead atoms. The summed E-state index contributed by atoms with van der Waals surface area (Å²) in [6, 6.07) is 19.0. The van der Waals surface area contributed by atoms with Crippen LogP contribution in [0.4, 0.5) is 22.9 Å². The topological polar surface area (TPSA) is 71.4 Å². The second-order valence-corrected chi connectivity index (χ2v) is 7.07. The number of hydrogen-bond donors (Lipinski definition) is 2. The van der Waals surface area contributed by atoms with Crippen molar-refractivity contribution >= 4 is 29.0 Å². The molecule has 2 aliphatic rings. The molecule has 2 aromatic carbocycles. The number of hydrogen-bond acceptors (Lipinski definition) is 5. The molecule has 5 nitrogen and oxygen atoms in total. The number of para-hydroxylation sites is 2. The molecule has 0 spiro atoms. The Hall–Kier alpha value is -3.47. The molecule has 3 heterocycles. The summed E-state index contributed by atoms with van der Waals surface area (Å²) in [6.45, 7) is 1.46. The van der Waals surface area contributed by atoms with Gasteiger partial charge in [0.15, 0.2) is 0 Å². The number of aromatic nitrogens is 1. The molecule has 0 radical (unpaired) electrons. The Morgan fingerprint density at radius 3 is 2.30 bits per heavy atom. The summed E-state index contributed by atoms with van der Waals surface area (Å²) in [4.78, 5) is 9.04. The fourth-order valence-corrected chi connectivity index (χ4v) is 3.99. The highest BCUT2D eigenvalue weighted by Crippen LogP contribution is 2.39. The van der Waals surface area contributed by atoms with Crippen LogP contribution in [0.1, 0.15) is 22.4 Å². The summed E-state index contributed by atoms with van der Waals surface area (Å²) in [5, 5.41) is 0. The van der Waals surface area contributed by atoms with Crippen molar-refractivity contribution < 1.29 is 0 Å². The summed E-state index contributed by atoms with van der Waals surface area (Å²) in [7, 11) is 0. The van der Waals surface area contributed by atoms with Crippen LogP contribution in [0.15, 0.2) is 60.8 Å². The van der Waals surface area contributed by atoms with Crippen molar-refractivity contribution in [1.29, 1.82) is 0 Å². The highest BCUT2D eigenvalue weighted by molar-refractivity contribution is 5.74. The normalized spacial score (nSPS) is 14.5. The van der Waals surface area contributed by atoms with Crippen LogP contribution in [-0.2, 0) is 13.0 Å². The highest BCUT2D eigenvalue weighted by Gasteiger charge is 2.24. The Balaban J connectivity index is 1.50. The predicted molar refractivity (Wildman–Crippen MR) is 110 cm³/mol. The van der Waals surface area contributed by atoms with E-state index in [0.29, 0.717) is 18.1 Å². The van der Waals surface area contributed by atoms with E-state index in [9.17, 15) is 0 Å². The van der Waals surface area contributed by atoms with Crippen molar-refractivity contribution in [2.75, 3.05) is 23.0 Å². The summed E-state index contributed by atoms with van der Waals surface area (Å²) in [5.74, 6) is 0.461. The van der Waals surface area contributed by atoms with Gasteiger partial charge in [-0.3, -0.25) is 0 Å². The number of benzene rings is 2. The first-order valence-corrected chi connectivity index (χ1v) is 9.09. The van der Waals surface area contributed by atoms with Crippen LogP contribution < -0.4 is 16.4 Å². The van der Waals surface area contributed by atoms with Gasteiger partial charge in [0, 0.05) is 47.9 Å². The molecule has 3 aromatic rings. The Labute approximate surface area is 158 Å². The highest BCUT2D eigenvalue weighted by atomic mass is 15.3. The van der Waals surface area contributed by atoms with Crippen molar-refractivity contribution in [2.45, 2.75) is 13.0 Å². The molecule has 0 saturated heterocycles. The minimum Gasteiger partial charge on any atom is -0.398 e. The summed E-state index contributed by atoms with van der Waals surface area (Å²) in [6.07, 6.45) is 5.04. The molecule has 0 fully saturated rings. The predicted octanol–water partition coefficient (Wildman–Crippen LogP) is 3.73. The number of rotatable bonds is 2.